The number of aliphatic hydroxyl groups is 4. The van der Waals surface area contributed by atoms with Gasteiger partial charge in [0.2, 0.25) is 17.7 Å². The second kappa shape index (κ2) is 21.9. The first-order valence-electron chi connectivity index (χ1n) is 22.2. The third-order valence-corrected chi connectivity index (χ3v) is 12.2. The summed E-state index contributed by atoms with van der Waals surface area (Å²) in [6.07, 6.45) is -12.0. The molecule has 4 aliphatic rings. The zero-order valence-electron chi connectivity index (χ0n) is 38.1. The number of imide groups is 1. The number of aromatic nitrogens is 3. The van der Waals surface area contributed by atoms with Gasteiger partial charge in [0.25, 0.3) is 0 Å². The van der Waals surface area contributed by atoms with Crippen molar-refractivity contribution in [3.05, 3.63) is 11.9 Å². The molecule has 23 nitrogen and oxygen atoms in total. The van der Waals surface area contributed by atoms with E-state index >= 15 is 0 Å². The van der Waals surface area contributed by atoms with Crippen molar-refractivity contribution in [2.45, 2.75) is 167 Å². The van der Waals surface area contributed by atoms with Gasteiger partial charge in [0, 0.05) is 19.5 Å². The first kappa shape index (κ1) is 52.2. The number of amides is 3. The number of rotatable bonds is 21. The number of ether oxygens (including phenoxy) is 6. The zero-order valence-corrected chi connectivity index (χ0v) is 38.1. The molecule has 4 aliphatic heterocycles. The molecule has 1 aromatic heterocycles. The highest BCUT2D eigenvalue weighted by atomic mass is 16.7. The Labute approximate surface area is 377 Å². The van der Waals surface area contributed by atoms with Crippen molar-refractivity contribution in [2.24, 2.45) is 28.4 Å². The number of fused-ring (bicyclic) bond motifs is 1. The van der Waals surface area contributed by atoms with Crippen LogP contribution >= 0.6 is 0 Å². The number of nitrogens with zero attached hydrogens (tertiary/aromatic N) is 5. The summed E-state index contributed by atoms with van der Waals surface area (Å²) in [6, 6.07) is -1.30. The van der Waals surface area contributed by atoms with Gasteiger partial charge in [0.05, 0.1) is 81.7 Å². The van der Waals surface area contributed by atoms with Crippen LogP contribution in [0.25, 0.3) is 0 Å². The maximum atomic E-state index is 13.7. The Morgan fingerprint density at radius 2 is 1.45 bits per heavy atom. The van der Waals surface area contributed by atoms with E-state index in [4.69, 9.17) is 34.2 Å². The lowest BCUT2D eigenvalue weighted by Crippen LogP contribution is -2.66. The summed E-state index contributed by atoms with van der Waals surface area (Å²) in [4.78, 5) is 66.7. The summed E-state index contributed by atoms with van der Waals surface area (Å²) in [5.74, 6) is -4.51. The normalized spacial score (nSPS) is 33.1. The fourth-order valence-electron chi connectivity index (χ4n) is 8.71. The zero-order chi connectivity index (χ0) is 48.1. The number of carbonyl (C=O) groups excluding carboxylic acids is 3. The van der Waals surface area contributed by atoms with Gasteiger partial charge in [0.1, 0.15) is 36.2 Å². The average molecular weight is 929 g/mol. The number of carboxylic acids is 2. The lowest BCUT2D eigenvalue weighted by Gasteiger charge is -2.45. The number of aliphatic hydroxyl groups excluding tert-OH is 4. The second-order valence-corrected chi connectivity index (χ2v) is 19.4. The van der Waals surface area contributed by atoms with Gasteiger partial charge in [-0.1, -0.05) is 46.8 Å². The number of hydrogen-bond acceptors (Lipinski definition) is 18. The lowest BCUT2D eigenvalue weighted by atomic mass is 9.74. The van der Waals surface area contributed by atoms with Crippen LogP contribution in [-0.4, -0.2) is 192 Å². The van der Waals surface area contributed by atoms with Crippen LogP contribution in [0, 0.1) is 22.7 Å². The van der Waals surface area contributed by atoms with E-state index in [9.17, 15) is 54.6 Å². The second-order valence-electron chi connectivity index (χ2n) is 19.4. The molecular weight excluding hydrogens is 860 g/mol. The molecule has 0 aliphatic carbocycles. The molecule has 0 radical (unpaired) electrons. The van der Waals surface area contributed by atoms with Crippen LogP contribution < -0.4 is 5.73 Å². The molecule has 4 unspecified atom stereocenters. The highest BCUT2D eigenvalue weighted by molar-refractivity contribution is 6.06. The van der Waals surface area contributed by atoms with Crippen molar-refractivity contribution in [2.75, 3.05) is 32.9 Å². The Balaban J connectivity index is 1.05. The first-order valence-corrected chi connectivity index (χ1v) is 22.2. The van der Waals surface area contributed by atoms with E-state index < -0.39 is 85.1 Å². The van der Waals surface area contributed by atoms with Crippen LogP contribution in [0.2, 0.25) is 0 Å². The molecule has 5 heterocycles. The molecule has 3 amide bonds. The Morgan fingerprint density at radius 1 is 0.800 bits per heavy atom. The van der Waals surface area contributed by atoms with Gasteiger partial charge >= 0.3 is 11.9 Å². The Morgan fingerprint density at radius 3 is 2.05 bits per heavy atom. The van der Waals surface area contributed by atoms with Crippen molar-refractivity contribution >= 4 is 29.7 Å². The fraction of sp³-hybridized carbons (Fsp3) is 0.833. The summed E-state index contributed by atoms with van der Waals surface area (Å²) in [7, 11) is 0. The lowest BCUT2D eigenvalue weighted by molar-refractivity contribution is -0.337. The molecular formula is C42H68N6O17. The Bertz CT molecular complexity index is 1770. The molecule has 1 aromatic rings. The molecule has 65 heavy (non-hydrogen) atoms. The Hall–Kier alpha value is -3.75. The molecule has 14 atom stereocenters. The van der Waals surface area contributed by atoms with Gasteiger partial charge < -0.3 is 69.7 Å². The summed E-state index contributed by atoms with van der Waals surface area (Å²) < 4.78 is 35.4. The van der Waals surface area contributed by atoms with Crippen LogP contribution in [0.5, 0.6) is 0 Å². The van der Waals surface area contributed by atoms with Crippen molar-refractivity contribution in [1.29, 1.82) is 0 Å². The summed E-state index contributed by atoms with van der Waals surface area (Å²) in [6.45, 7) is 14.2. The number of likely N-dealkylation sites (tertiary alicyclic amines) is 1. The van der Waals surface area contributed by atoms with Gasteiger partial charge in [-0.25, -0.2) is 9.48 Å². The minimum absolute atomic E-state index is 0.0405. The minimum atomic E-state index is -1.84. The van der Waals surface area contributed by atoms with E-state index in [0.717, 1.165) is 0 Å². The predicted octanol–water partition coefficient (Wildman–Crippen LogP) is -1.15. The van der Waals surface area contributed by atoms with Gasteiger partial charge in [0.15, 0.2) is 18.7 Å². The number of nitrogens with two attached hydrogens (primary N) is 1. The molecule has 4 saturated heterocycles. The van der Waals surface area contributed by atoms with Gasteiger partial charge in [-0.2, -0.15) is 0 Å². The average Bonchev–Trinajstić information content (AvgIpc) is 3.93. The monoisotopic (exact) mass is 928 g/mol. The van der Waals surface area contributed by atoms with Crippen LogP contribution in [-0.2, 0) is 65.5 Å². The third-order valence-electron chi connectivity index (χ3n) is 12.2. The maximum Gasteiger partial charge on any atom is 0.335 e. The first-order chi connectivity index (χ1) is 30.4. The van der Waals surface area contributed by atoms with Crippen LogP contribution in [0.15, 0.2) is 6.20 Å². The van der Waals surface area contributed by atoms with E-state index in [1.807, 2.05) is 41.5 Å². The molecule has 4 fully saturated rings. The van der Waals surface area contributed by atoms with E-state index in [-0.39, 0.29) is 99.6 Å². The summed E-state index contributed by atoms with van der Waals surface area (Å²) in [5.41, 5.74) is 5.66. The number of carboxylic acid groups (broad SMARTS) is 2. The molecule has 5 rings (SSSR count). The minimum Gasteiger partial charge on any atom is -0.481 e. The quantitative estimate of drug-likeness (QED) is 0.0565. The van der Waals surface area contributed by atoms with Gasteiger partial charge in [-0.15, -0.1) is 5.10 Å². The smallest absolute Gasteiger partial charge is 0.335 e. The Kier molecular flexibility index (Phi) is 17.6. The van der Waals surface area contributed by atoms with E-state index in [1.54, 1.807) is 6.20 Å². The molecule has 8 N–H and O–H groups in total. The third kappa shape index (κ3) is 12.6. The largest absolute Gasteiger partial charge is 0.481 e. The number of carbonyl (C=O) groups is 5. The van der Waals surface area contributed by atoms with Crippen LogP contribution in [0.3, 0.4) is 0 Å². The number of unbranched alkanes of at least 4 members (excludes halogenated alkanes) is 2. The van der Waals surface area contributed by atoms with E-state index in [2.05, 4.69) is 10.3 Å². The molecule has 0 bridgehead atoms. The van der Waals surface area contributed by atoms with Gasteiger partial charge in [-0.3, -0.25) is 24.1 Å². The van der Waals surface area contributed by atoms with E-state index in [1.165, 1.54) is 21.4 Å². The van der Waals surface area contributed by atoms with Crippen LogP contribution in [0.4, 0.5) is 0 Å². The molecule has 0 saturated carbocycles. The van der Waals surface area contributed by atoms with Crippen molar-refractivity contribution < 1.29 is 83.0 Å². The highest BCUT2D eigenvalue weighted by Gasteiger charge is 2.63. The van der Waals surface area contributed by atoms with E-state index in [0.29, 0.717) is 25.0 Å². The number of hydrogen-bond donors (Lipinski definition) is 7. The molecule has 0 aromatic carbocycles. The number of aliphatic carboxylic acids is 2. The highest BCUT2D eigenvalue weighted by Crippen LogP contribution is 2.51. The van der Waals surface area contributed by atoms with Gasteiger partial charge in [-0.05, 0) is 37.0 Å². The van der Waals surface area contributed by atoms with Crippen molar-refractivity contribution in [3.63, 3.8) is 0 Å². The maximum absolute atomic E-state index is 13.7. The summed E-state index contributed by atoms with van der Waals surface area (Å²) >= 11 is 0. The molecule has 0 spiro atoms. The molecule has 368 valence electrons. The standard InChI is InChI=1S/C42H68N6O17/c1-21-28(52)29(53)27(43)39(62-21)63-32-30(54)31(55)40(64-33(32)38(58)59)61-18-17-60-16-15-47-20-22(44-45-47)19-46(23(49)11-12-24(50)51)13-9-8-10-14-48-36(56)25-26(37(48)57)35(42(5,6)7)65-34(25)41(2,3)4/h20-21,25-35,39-40,52-55H,8-19,43H2,1-7H3,(H,50,51)(H,58,59)/t21?,25-,26+,27?,28-,29-,30-,31?,32+,33?,34+,35-,39-,40-/m1/s1. The predicted molar refractivity (Wildman–Crippen MR) is 222 cm³/mol. The van der Waals surface area contributed by atoms with Crippen LogP contribution in [0.1, 0.15) is 86.3 Å². The fourth-order valence-corrected chi connectivity index (χ4v) is 8.71. The molecule has 23 heteroatoms. The topological polar surface area (TPSA) is 325 Å². The van der Waals surface area contributed by atoms with Crippen molar-refractivity contribution in [1.82, 2.24) is 24.8 Å². The van der Waals surface area contributed by atoms with Crippen molar-refractivity contribution in [3.8, 4) is 0 Å². The SMILES string of the molecule is CC1O[C@H](O[C@@H]2C(C(=O)O)O[C@@H](OCCOCCn3cc(CN(CCCCCN4C(=O)[C@@H]5[C@H](C4=O)[C@H](C(C)(C)C)O[C@@H]5C(C)(C)C)C(=O)CCC(=O)O)nn3)C(O)[C@H]2O)C(N)[C@@H](O)[C@@H]1O. The summed E-state index contributed by atoms with van der Waals surface area (Å²) in [5, 5.41) is 68.9.